The van der Waals surface area contributed by atoms with E-state index < -0.39 is 5.97 Å². The van der Waals surface area contributed by atoms with Crippen LogP contribution < -0.4 is 0 Å². The molecule has 2 N–H and O–H groups in total. The number of aromatic carboxylic acids is 1. The summed E-state index contributed by atoms with van der Waals surface area (Å²) in [6.07, 6.45) is 1.83. The van der Waals surface area contributed by atoms with E-state index in [-0.39, 0.29) is 16.3 Å². The fourth-order valence-corrected chi connectivity index (χ4v) is 2.33. The van der Waals surface area contributed by atoms with Crippen molar-refractivity contribution in [2.75, 3.05) is 0 Å². The summed E-state index contributed by atoms with van der Waals surface area (Å²) in [4.78, 5) is 11.1. The summed E-state index contributed by atoms with van der Waals surface area (Å²) in [7, 11) is 0. The molecule has 0 amide bonds. The second-order valence-corrected chi connectivity index (χ2v) is 4.95. The molecule has 2 aromatic heterocycles. The monoisotopic (exact) mass is 303 g/mol. The number of rotatable bonds is 3. The van der Waals surface area contributed by atoms with Crippen molar-refractivity contribution in [2.45, 2.75) is 6.42 Å². The number of phenolic OH excluding ortho intramolecular Hbond substituents is 1. The first-order valence-electron chi connectivity index (χ1n) is 6.09. The third kappa shape index (κ3) is 2.53. The van der Waals surface area contributed by atoms with Gasteiger partial charge in [0, 0.05) is 12.6 Å². The molecule has 0 atom stereocenters. The summed E-state index contributed by atoms with van der Waals surface area (Å²) >= 11 is 6.02. The van der Waals surface area contributed by atoms with Crippen molar-refractivity contribution in [3.05, 3.63) is 58.5 Å². The first kappa shape index (κ1) is 13.4. The Morgan fingerprint density at radius 1 is 1.29 bits per heavy atom. The van der Waals surface area contributed by atoms with Gasteiger partial charge in [0.1, 0.15) is 11.6 Å². The highest BCUT2D eigenvalue weighted by atomic mass is 35.5. The maximum Gasteiger partial charge on any atom is 0.337 e. The van der Waals surface area contributed by atoms with Crippen LogP contribution in [0.1, 0.15) is 21.7 Å². The molecule has 0 spiro atoms. The lowest BCUT2D eigenvalue weighted by molar-refractivity contribution is 0.0696. The van der Waals surface area contributed by atoms with Gasteiger partial charge in [-0.3, -0.25) is 4.40 Å². The normalized spacial score (nSPS) is 10.9. The van der Waals surface area contributed by atoms with Crippen LogP contribution in [0.2, 0.25) is 5.02 Å². The van der Waals surface area contributed by atoms with Crippen LogP contribution in [0.3, 0.4) is 0 Å². The van der Waals surface area contributed by atoms with Gasteiger partial charge >= 0.3 is 5.97 Å². The Balaban J connectivity index is 2.09. The Hall–Kier alpha value is -2.60. The predicted molar refractivity (Wildman–Crippen MR) is 75.9 cm³/mol. The number of halogens is 1. The minimum atomic E-state index is -1.07. The average Bonchev–Trinajstić information content (AvgIpc) is 2.82. The summed E-state index contributed by atoms with van der Waals surface area (Å²) in [6.45, 7) is 0. The maximum absolute atomic E-state index is 11.1. The standard InChI is InChI=1S/C14H10ClN3O3/c15-11-6-9(14(20)21)7-18-12(16-17-13(11)18)5-8-2-1-3-10(19)4-8/h1-4,6-7,19H,5H2,(H,20,21). The number of hydrogen-bond donors (Lipinski definition) is 2. The third-order valence-corrected chi connectivity index (χ3v) is 3.33. The van der Waals surface area contributed by atoms with Crippen LogP contribution in [0.4, 0.5) is 0 Å². The fraction of sp³-hybridized carbons (Fsp3) is 0.0714. The first-order chi connectivity index (χ1) is 10.0. The van der Waals surface area contributed by atoms with E-state index in [2.05, 4.69) is 10.2 Å². The quantitative estimate of drug-likeness (QED) is 0.775. The van der Waals surface area contributed by atoms with E-state index in [4.69, 9.17) is 16.7 Å². The number of phenols is 1. The molecule has 0 saturated carbocycles. The number of fused-ring (bicyclic) bond motifs is 1. The van der Waals surface area contributed by atoms with E-state index in [1.807, 2.05) is 6.07 Å². The molecule has 6 nitrogen and oxygen atoms in total. The zero-order chi connectivity index (χ0) is 15.0. The molecule has 0 aliphatic heterocycles. The molecule has 2 heterocycles. The lowest BCUT2D eigenvalue weighted by Crippen LogP contribution is -2.02. The second kappa shape index (κ2) is 5.06. The van der Waals surface area contributed by atoms with Crippen LogP contribution in [-0.2, 0) is 6.42 Å². The van der Waals surface area contributed by atoms with Crippen molar-refractivity contribution in [1.29, 1.82) is 0 Å². The molecule has 7 heteroatoms. The molecule has 0 aliphatic carbocycles. The number of carbonyl (C=O) groups is 1. The van der Waals surface area contributed by atoms with Crippen LogP contribution in [0.5, 0.6) is 5.75 Å². The molecule has 21 heavy (non-hydrogen) atoms. The van der Waals surface area contributed by atoms with Crippen LogP contribution >= 0.6 is 11.6 Å². The van der Waals surface area contributed by atoms with Crippen molar-refractivity contribution in [3.8, 4) is 5.75 Å². The van der Waals surface area contributed by atoms with Gasteiger partial charge in [-0.2, -0.15) is 0 Å². The topological polar surface area (TPSA) is 87.7 Å². The summed E-state index contributed by atoms with van der Waals surface area (Å²) < 4.78 is 1.55. The van der Waals surface area contributed by atoms with Gasteiger partial charge in [0.05, 0.1) is 10.6 Å². The van der Waals surface area contributed by atoms with Gasteiger partial charge in [0.25, 0.3) is 0 Å². The summed E-state index contributed by atoms with van der Waals surface area (Å²) in [5.74, 6) is -0.373. The minimum absolute atomic E-state index is 0.0597. The third-order valence-electron chi connectivity index (χ3n) is 3.05. The predicted octanol–water partition coefficient (Wildman–Crippen LogP) is 2.38. The second-order valence-electron chi connectivity index (χ2n) is 4.54. The minimum Gasteiger partial charge on any atom is -0.508 e. The molecule has 0 aliphatic rings. The van der Waals surface area contributed by atoms with E-state index in [9.17, 15) is 9.90 Å². The van der Waals surface area contributed by atoms with E-state index >= 15 is 0 Å². The number of benzene rings is 1. The van der Waals surface area contributed by atoms with Gasteiger partial charge in [0.2, 0.25) is 0 Å². The molecule has 3 rings (SSSR count). The van der Waals surface area contributed by atoms with Gasteiger partial charge in [-0.15, -0.1) is 10.2 Å². The molecule has 1 aromatic carbocycles. The molecule has 0 radical (unpaired) electrons. The van der Waals surface area contributed by atoms with Crippen molar-refractivity contribution in [1.82, 2.24) is 14.6 Å². The SMILES string of the molecule is O=C(O)c1cc(Cl)c2nnc(Cc3cccc(O)c3)n2c1. The summed E-state index contributed by atoms with van der Waals surface area (Å²) in [5.41, 5.74) is 1.29. The summed E-state index contributed by atoms with van der Waals surface area (Å²) in [5, 5.41) is 26.8. The van der Waals surface area contributed by atoms with Crippen molar-refractivity contribution in [3.63, 3.8) is 0 Å². The van der Waals surface area contributed by atoms with Crippen molar-refractivity contribution < 1.29 is 15.0 Å². The lowest BCUT2D eigenvalue weighted by Gasteiger charge is -2.03. The lowest BCUT2D eigenvalue weighted by atomic mass is 10.1. The van der Waals surface area contributed by atoms with E-state index in [1.165, 1.54) is 12.3 Å². The van der Waals surface area contributed by atoms with E-state index in [0.717, 1.165) is 5.56 Å². The van der Waals surface area contributed by atoms with E-state index in [1.54, 1.807) is 22.6 Å². The molecular weight excluding hydrogens is 294 g/mol. The highest BCUT2D eigenvalue weighted by Gasteiger charge is 2.13. The molecular formula is C14H10ClN3O3. The van der Waals surface area contributed by atoms with Gasteiger partial charge in [-0.25, -0.2) is 4.79 Å². The number of carboxylic acids is 1. The highest BCUT2D eigenvalue weighted by molar-refractivity contribution is 6.33. The molecule has 106 valence electrons. The number of aromatic hydroxyl groups is 1. The Kier molecular flexibility index (Phi) is 3.23. The maximum atomic E-state index is 11.1. The Morgan fingerprint density at radius 2 is 2.10 bits per heavy atom. The van der Waals surface area contributed by atoms with Gasteiger partial charge in [0.15, 0.2) is 5.65 Å². The first-order valence-corrected chi connectivity index (χ1v) is 6.47. The largest absolute Gasteiger partial charge is 0.508 e. The zero-order valence-corrected chi connectivity index (χ0v) is 11.4. The Bertz CT molecular complexity index is 845. The number of pyridine rings is 1. The zero-order valence-electron chi connectivity index (χ0n) is 10.7. The van der Waals surface area contributed by atoms with Crippen molar-refractivity contribution in [2.24, 2.45) is 0 Å². The van der Waals surface area contributed by atoms with Gasteiger partial charge in [-0.1, -0.05) is 23.7 Å². The van der Waals surface area contributed by atoms with Crippen molar-refractivity contribution >= 4 is 23.2 Å². The smallest absolute Gasteiger partial charge is 0.337 e. The molecule has 0 saturated heterocycles. The van der Waals surface area contributed by atoms with Gasteiger partial charge < -0.3 is 10.2 Å². The molecule has 0 unspecified atom stereocenters. The number of hydrogen-bond acceptors (Lipinski definition) is 4. The highest BCUT2D eigenvalue weighted by Crippen LogP contribution is 2.20. The molecule has 0 fully saturated rings. The van der Waals surface area contributed by atoms with Gasteiger partial charge in [-0.05, 0) is 23.8 Å². The van der Waals surface area contributed by atoms with Crippen LogP contribution in [0, 0.1) is 0 Å². The van der Waals surface area contributed by atoms with Crippen LogP contribution in [0.25, 0.3) is 5.65 Å². The fourth-order valence-electron chi connectivity index (χ4n) is 2.09. The number of aromatic nitrogens is 3. The Morgan fingerprint density at radius 3 is 2.81 bits per heavy atom. The molecule has 0 bridgehead atoms. The van der Waals surface area contributed by atoms with Crippen LogP contribution in [-0.4, -0.2) is 30.8 Å². The average molecular weight is 304 g/mol. The summed E-state index contributed by atoms with van der Waals surface area (Å²) in [6, 6.07) is 8.09. The Labute approximate surface area is 124 Å². The number of carboxylic acid groups (broad SMARTS) is 1. The van der Waals surface area contributed by atoms with E-state index in [0.29, 0.717) is 17.9 Å². The molecule has 3 aromatic rings. The number of nitrogens with zero attached hydrogens (tertiary/aromatic N) is 3. The van der Waals surface area contributed by atoms with Crippen LogP contribution in [0.15, 0.2) is 36.5 Å².